The van der Waals surface area contributed by atoms with Crippen molar-refractivity contribution >= 4 is 0 Å². The summed E-state index contributed by atoms with van der Waals surface area (Å²) in [4.78, 5) is 4.18. The highest BCUT2D eigenvalue weighted by molar-refractivity contribution is 5.27. The van der Waals surface area contributed by atoms with Gasteiger partial charge in [0.2, 0.25) is 0 Å². The Kier molecular flexibility index (Phi) is 3.22. The van der Waals surface area contributed by atoms with Gasteiger partial charge in [-0.05, 0) is 17.7 Å². The second kappa shape index (κ2) is 4.81. The van der Waals surface area contributed by atoms with E-state index >= 15 is 0 Å². The number of methoxy groups -OCH3 is 1. The van der Waals surface area contributed by atoms with Crippen molar-refractivity contribution in [2.24, 2.45) is 5.73 Å². The van der Waals surface area contributed by atoms with E-state index in [1.54, 1.807) is 13.4 Å². The van der Waals surface area contributed by atoms with E-state index in [-0.39, 0.29) is 0 Å². The summed E-state index contributed by atoms with van der Waals surface area (Å²) < 4.78 is 7.12. The minimum atomic E-state index is 0.482. The molecule has 1 heterocycles. The van der Waals surface area contributed by atoms with Crippen LogP contribution in [-0.2, 0) is 13.1 Å². The van der Waals surface area contributed by atoms with Crippen LogP contribution in [0.1, 0.15) is 11.3 Å². The Bertz CT molecular complexity index is 448. The molecule has 0 radical (unpaired) electrons. The Labute approximate surface area is 94.7 Å². The first-order valence-corrected chi connectivity index (χ1v) is 5.15. The molecule has 0 unspecified atom stereocenters. The number of rotatable bonds is 4. The summed E-state index contributed by atoms with van der Waals surface area (Å²) in [5, 5.41) is 0. The van der Waals surface area contributed by atoms with Gasteiger partial charge in [-0.1, -0.05) is 12.1 Å². The average molecular weight is 217 g/mol. The van der Waals surface area contributed by atoms with Gasteiger partial charge in [0.05, 0.1) is 19.1 Å². The molecule has 84 valence electrons. The van der Waals surface area contributed by atoms with Gasteiger partial charge in [0.25, 0.3) is 0 Å². The molecule has 2 aromatic rings. The summed E-state index contributed by atoms with van der Waals surface area (Å²) in [6.45, 7) is 1.28. The Hall–Kier alpha value is -1.81. The van der Waals surface area contributed by atoms with Crippen LogP contribution in [0.3, 0.4) is 0 Å². The number of hydrogen-bond acceptors (Lipinski definition) is 3. The zero-order valence-corrected chi connectivity index (χ0v) is 9.26. The first kappa shape index (κ1) is 10.7. The van der Waals surface area contributed by atoms with Gasteiger partial charge < -0.3 is 15.0 Å². The summed E-state index contributed by atoms with van der Waals surface area (Å²) in [5.41, 5.74) is 7.62. The lowest BCUT2D eigenvalue weighted by Gasteiger charge is -2.04. The van der Waals surface area contributed by atoms with Gasteiger partial charge in [0.1, 0.15) is 5.75 Å². The van der Waals surface area contributed by atoms with Crippen LogP contribution in [0.25, 0.3) is 0 Å². The van der Waals surface area contributed by atoms with Gasteiger partial charge in [-0.15, -0.1) is 0 Å². The molecule has 0 saturated heterocycles. The number of nitrogens with two attached hydrogens (primary N) is 1. The number of ether oxygens (including phenoxy) is 1. The highest BCUT2D eigenvalue weighted by Crippen LogP contribution is 2.12. The molecule has 0 bridgehead atoms. The van der Waals surface area contributed by atoms with E-state index in [0.717, 1.165) is 18.0 Å². The predicted molar refractivity (Wildman–Crippen MR) is 62.2 cm³/mol. The van der Waals surface area contributed by atoms with Crippen LogP contribution in [0.15, 0.2) is 36.8 Å². The predicted octanol–water partition coefficient (Wildman–Crippen LogP) is 1.40. The van der Waals surface area contributed by atoms with Crippen LogP contribution in [0.2, 0.25) is 0 Å². The van der Waals surface area contributed by atoms with Crippen molar-refractivity contribution in [3.05, 3.63) is 48.0 Å². The fourth-order valence-electron chi connectivity index (χ4n) is 1.54. The lowest BCUT2D eigenvalue weighted by atomic mass is 10.2. The first-order valence-electron chi connectivity index (χ1n) is 5.15. The third kappa shape index (κ3) is 2.41. The van der Waals surface area contributed by atoms with Crippen LogP contribution in [0.5, 0.6) is 5.75 Å². The van der Waals surface area contributed by atoms with Crippen LogP contribution >= 0.6 is 0 Å². The van der Waals surface area contributed by atoms with E-state index in [2.05, 4.69) is 4.98 Å². The van der Waals surface area contributed by atoms with Gasteiger partial charge in [0, 0.05) is 19.3 Å². The maximum absolute atomic E-state index is 5.50. The topological polar surface area (TPSA) is 53.1 Å². The largest absolute Gasteiger partial charge is 0.497 e. The lowest BCUT2D eigenvalue weighted by molar-refractivity contribution is 0.414. The van der Waals surface area contributed by atoms with Gasteiger partial charge in [0.15, 0.2) is 0 Å². The summed E-state index contributed by atoms with van der Waals surface area (Å²) in [6.07, 6.45) is 3.76. The van der Waals surface area contributed by atoms with E-state index in [0.29, 0.717) is 6.54 Å². The molecular formula is C12H15N3O. The van der Waals surface area contributed by atoms with Crippen LogP contribution in [-0.4, -0.2) is 16.7 Å². The van der Waals surface area contributed by atoms with Crippen molar-refractivity contribution in [1.29, 1.82) is 0 Å². The van der Waals surface area contributed by atoms with E-state index in [4.69, 9.17) is 10.5 Å². The standard InChI is InChI=1S/C12H15N3O/c1-16-12-4-2-10(3-5-12)7-15-8-11(6-13)14-9-15/h2-5,8-9H,6-7,13H2,1H3. The summed E-state index contributed by atoms with van der Waals surface area (Å²) >= 11 is 0. The van der Waals surface area contributed by atoms with Crippen molar-refractivity contribution in [3.8, 4) is 5.75 Å². The molecule has 0 aliphatic rings. The third-order valence-electron chi connectivity index (χ3n) is 2.42. The van der Waals surface area contributed by atoms with Crippen LogP contribution in [0.4, 0.5) is 0 Å². The van der Waals surface area contributed by atoms with Crippen LogP contribution < -0.4 is 10.5 Å². The van der Waals surface area contributed by atoms with Gasteiger partial charge >= 0.3 is 0 Å². The van der Waals surface area contributed by atoms with E-state index < -0.39 is 0 Å². The summed E-state index contributed by atoms with van der Waals surface area (Å²) in [7, 11) is 1.67. The fraction of sp³-hybridized carbons (Fsp3) is 0.250. The van der Waals surface area contributed by atoms with Crippen molar-refractivity contribution in [1.82, 2.24) is 9.55 Å². The number of imidazole rings is 1. The van der Waals surface area contributed by atoms with Crippen LogP contribution in [0, 0.1) is 0 Å². The summed E-state index contributed by atoms with van der Waals surface area (Å²) in [5.74, 6) is 0.872. The maximum atomic E-state index is 5.50. The fourth-order valence-corrected chi connectivity index (χ4v) is 1.54. The Morgan fingerprint density at radius 1 is 1.31 bits per heavy atom. The second-order valence-electron chi connectivity index (χ2n) is 3.59. The first-order chi connectivity index (χ1) is 7.81. The molecule has 1 aromatic carbocycles. The van der Waals surface area contributed by atoms with Crippen molar-refractivity contribution in [2.45, 2.75) is 13.1 Å². The van der Waals surface area contributed by atoms with E-state index in [9.17, 15) is 0 Å². The maximum Gasteiger partial charge on any atom is 0.118 e. The molecule has 0 atom stereocenters. The molecule has 16 heavy (non-hydrogen) atoms. The SMILES string of the molecule is COc1ccc(Cn2cnc(CN)c2)cc1. The molecule has 0 saturated carbocycles. The Morgan fingerprint density at radius 3 is 2.62 bits per heavy atom. The second-order valence-corrected chi connectivity index (χ2v) is 3.59. The zero-order valence-electron chi connectivity index (χ0n) is 9.26. The molecule has 1 aromatic heterocycles. The molecule has 0 spiro atoms. The molecule has 4 nitrogen and oxygen atoms in total. The molecule has 4 heteroatoms. The minimum absolute atomic E-state index is 0.482. The van der Waals surface area contributed by atoms with E-state index in [1.807, 2.05) is 35.0 Å². The van der Waals surface area contributed by atoms with Gasteiger partial charge in [-0.25, -0.2) is 4.98 Å². The molecular weight excluding hydrogens is 202 g/mol. The summed E-state index contributed by atoms with van der Waals surface area (Å²) in [6, 6.07) is 7.99. The minimum Gasteiger partial charge on any atom is -0.497 e. The molecule has 0 aliphatic carbocycles. The van der Waals surface area contributed by atoms with Crippen molar-refractivity contribution in [2.75, 3.05) is 7.11 Å². The smallest absolute Gasteiger partial charge is 0.118 e. The average Bonchev–Trinajstić information content (AvgIpc) is 2.78. The molecule has 2 rings (SSSR count). The third-order valence-corrected chi connectivity index (χ3v) is 2.42. The van der Waals surface area contributed by atoms with Gasteiger partial charge in [-0.2, -0.15) is 0 Å². The normalized spacial score (nSPS) is 10.4. The van der Waals surface area contributed by atoms with Gasteiger partial charge in [-0.3, -0.25) is 0 Å². The molecule has 0 aliphatic heterocycles. The quantitative estimate of drug-likeness (QED) is 0.842. The highest BCUT2D eigenvalue weighted by Gasteiger charge is 1.98. The van der Waals surface area contributed by atoms with E-state index in [1.165, 1.54) is 5.56 Å². The number of benzene rings is 1. The highest BCUT2D eigenvalue weighted by atomic mass is 16.5. The monoisotopic (exact) mass is 217 g/mol. The number of nitrogens with zero attached hydrogens (tertiary/aromatic N) is 2. The Balaban J connectivity index is 2.08. The van der Waals surface area contributed by atoms with Crippen molar-refractivity contribution < 1.29 is 4.74 Å². The molecule has 2 N–H and O–H groups in total. The number of hydrogen-bond donors (Lipinski definition) is 1. The Morgan fingerprint density at radius 2 is 2.06 bits per heavy atom. The van der Waals surface area contributed by atoms with Crippen molar-refractivity contribution in [3.63, 3.8) is 0 Å². The molecule has 0 amide bonds. The molecule has 0 fully saturated rings. The lowest BCUT2D eigenvalue weighted by Crippen LogP contribution is -1.98. The number of aromatic nitrogens is 2. The zero-order chi connectivity index (χ0) is 11.4.